The summed E-state index contributed by atoms with van der Waals surface area (Å²) in [5, 5.41) is 1.64. The Morgan fingerprint density at radius 1 is 1.18 bits per heavy atom. The van der Waals surface area contributed by atoms with Gasteiger partial charge in [-0.05, 0) is 33.0 Å². The van der Waals surface area contributed by atoms with Crippen LogP contribution in [0.25, 0.3) is 0 Å². The molecule has 2 nitrogen and oxygen atoms in total. The van der Waals surface area contributed by atoms with Gasteiger partial charge in [0.2, 0.25) is 0 Å². The average molecular weight is 160 g/mol. The van der Waals surface area contributed by atoms with Crippen LogP contribution in [-0.4, -0.2) is 38.1 Å². The lowest BCUT2D eigenvalue weighted by atomic mass is 10.4. The van der Waals surface area contributed by atoms with Crippen LogP contribution in [0.4, 0.5) is 0 Å². The summed E-state index contributed by atoms with van der Waals surface area (Å²) in [5.41, 5.74) is 0. The van der Waals surface area contributed by atoms with E-state index < -0.39 is 0 Å². The number of nitrogens with zero attached hydrogens (tertiary/aromatic N) is 1. The van der Waals surface area contributed by atoms with Gasteiger partial charge in [0.05, 0.1) is 0 Å². The van der Waals surface area contributed by atoms with E-state index in [-0.39, 0.29) is 0 Å². The van der Waals surface area contributed by atoms with Gasteiger partial charge in [-0.25, -0.2) is 0 Å². The molecule has 1 N–H and O–H groups in total. The molecular formula is C9H22N2. The number of hydrogen-bond donors (Lipinski definition) is 1. The second-order valence-electron chi connectivity index (χ2n) is 2.97. The van der Waals surface area contributed by atoms with Crippen molar-refractivity contribution in [2.45, 2.75) is 26.7 Å². The molecule has 2 heteroatoms. The number of nitrogens with one attached hydrogen (secondary N) is 1. The maximum atomic E-state index is 7.50. The lowest BCUT2D eigenvalue weighted by Crippen LogP contribution is -2.30. The largest absolute Gasteiger partial charge is 0.315 e. The average Bonchev–Trinajstić information content (AvgIpc) is 2.02. The van der Waals surface area contributed by atoms with Crippen molar-refractivity contribution >= 4 is 0 Å². The lowest BCUT2D eigenvalue weighted by Gasteiger charge is -2.15. The third-order valence-electron chi connectivity index (χ3n) is 1.63. The molecule has 0 aliphatic carbocycles. The zero-order chi connectivity index (χ0) is 9.40. The van der Waals surface area contributed by atoms with Crippen molar-refractivity contribution in [1.82, 2.24) is 10.2 Å². The summed E-state index contributed by atoms with van der Waals surface area (Å²) in [6.45, 7) is 8.19. The van der Waals surface area contributed by atoms with Crippen LogP contribution in [0.3, 0.4) is 0 Å². The van der Waals surface area contributed by atoms with Gasteiger partial charge in [0.1, 0.15) is 1.41 Å². The van der Waals surface area contributed by atoms with Gasteiger partial charge in [0, 0.05) is 13.1 Å². The predicted molar refractivity (Wildman–Crippen MR) is 50.9 cm³/mol. The molecule has 0 spiro atoms. The van der Waals surface area contributed by atoms with Crippen molar-refractivity contribution < 1.29 is 1.41 Å². The van der Waals surface area contributed by atoms with E-state index in [9.17, 15) is 0 Å². The van der Waals surface area contributed by atoms with Gasteiger partial charge in [-0.1, -0.05) is 13.8 Å². The Labute approximate surface area is 72.4 Å². The molecule has 0 fully saturated rings. The minimum Gasteiger partial charge on any atom is -0.315 e. The SMILES string of the molecule is [3H]N(CCC)CCN(C)CCC. The van der Waals surface area contributed by atoms with Crippen LogP contribution in [0, 0.1) is 0 Å². The summed E-state index contributed by atoms with van der Waals surface area (Å²) in [7, 11) is 2.11. The summed E-state index contributed by atoms with van der Waals surface area (Å²) < 4.78 is 7.50. The Hall–Kier alpha value is -0.0800. The second-order valence-corrected chi connectivity index (χ2v) is 2.97. The van der Waals surface area contributed by atoms with Crippen molar-refractivity contribution in [2.24, 2.45) is 0 Å². The molecule has 0 radical (unpaired) electrons. The number of rotatable bonds is 7. The first-order chi connectivity index (χ1) is 5.70. The molecule has 0 bridgehead atoms. The minimum atomic E-state index is 0.865. The van der Waals surface area contributed by atoms with Crippen LogP contribution in [0.2, 0.25) is 1.41 Å². The molecule has 0 saturated carbocycles. The quantitative estimate of drug-likeness (QED) is 0.604. The molecule has 0 aromatic heterocycles. The molecule has 0 rings (SSSR count). The molecule has 68 valence electrons. The molecule has 0 unspecified atom stereocenters. The summed E-state index contributed by atoms with van der Waals surface area (Å²) in [6, 6.07) is 0. The zero-order valence-corrected chi connectivity index (χ0v) is 8.14. The molecule has 0 atom stereocenters. The molecular weight excluding hydrogens is 136 g/mol. The van der Waals surface area contributed by atoms with Gasteiger partial charge in [-0.2, -0.15) is 0 Å². The van der Waals surface area contributed by atoms with E-state index in [1.54, 1.807) is 5.31 Å². The smallest absolute Gasteiger partial charge is 0.122 e. The maximum Gasteiger partial charge on any atom is 0.122 e. The monoisotopic (exact) mass is 160 g/mol. The first kappa shape index (κ1) is 9.01. The molecule has 0 aromatic rings. The highest BCUT2D eigenvalue weighted by Gasteiger charge is 1.93. The fourth-order valence-electron chi connectivity index (χ4n) is 1.00. The summed E-state index contributed by atoms with van der Waals surface area (Å²) in [4.78, 5) is 2.28. The molecule has 0 aliphatic rings. The van der Waals surface area contributed by atoms with Gasteiger partial charge in [0.15, 0.2) is 0 Å². The minimum absolute atomic E-state index is 0.865. The predicted octanol–water partition coefficient (Wildman–Crippen LogP) is 1.33. The van der Waals surface area contributed by atoms with Crippen LogP contribution in [0.1, 0.15) is 26.7 Å². The molecule has 0 amide bonds. The molecule has 11 heavy (non-hydrogen) atoms. The van der Waals surface area contributed by atoms with Gasteiger partial charge < -0.3 is 10.2 Å². The topological polar surface area (TPSA) is 15.3 Å². The summed E-state index contributed by atoms with van der Waals surface area (Å²) in [6.07, 6.45) is 2.27. The van der Waals surface area contributed by atoms with Crippen molar-refractivity contribution in [2.75, 3.05) is 33.2 Å². The highest BCUT2D eigenvalue weighted by Crippen LogP contribution is 1.83. The highest BCUT2D eigenvalue weighted by atomic mass is 15.1. The van der Waals surface area contributed by atoms with Crippen molar-refractivity contribution in [3.8, 4) is 0 Å². The van der Waals surface area contributed by atoms with E-state index in [4.69, 9.17) is 1.41 Å². The van der Waals surface area contributed by atoms with E-state index in [1.165, 1.54) is 6.42 Å². The lowest BCUT2D eigenvalue weighted by molar-refractivity contribution is 0.332. The highest BCUT2D eigenvalue weighted by molar-refractivity contribution is 4.52. The van der Waals surface area contributed by atoms with E-state index in [1.807, 2.05) is 0 Å². The third kappa shape index (κ3) is 7.82. The first-order valence-corrected chi connectivity index (χ1v) is 4.63. The van der Waals surface area contributed by atoms with Gasteiger partial charge in [0.25, 0.3) is 0 Å². The Morgan fingerprint density at radius 2 is 1.91 bits per heavy atom. The van der Waals surface area contributed by atoms with Gasteiger partial charge >= 0.3 is 0 Å². The summed E-state index contributed by atoms with van der Waals surface area (Å²) in [5.74, 6) is 0. The summed E-state index contributed by atoms with van der Waals surface area (Å²) >= 11 is 0. The Balaban J connectivity index is 3.27. The van der Waals surface area contributed by atoms with Crippen LogP contribution < -0.4 is 5.31 Å². The van der Waals surface area contributed by atoms with E-state index in [2.05, 4.69) is 25.8 Å². The van der Waals surface area contributed by atoms with Gasteiger partial charge in [-0.3, -0.25) is 0 Å². The molecule has 0 saturated heterocycles. The molecule has 0 aromatic carbocycles. The van der Waals surface area contributed by atoms with E-state index in [0.29, 0.717) is 0 Å². The zero-order valence-electron chi connectivity index (χ0n) is 9.14. The third-order valence-corrected chi connectivity index (χ3v) is 1.63. The van der Waals surface area contributed by atoms with Crippen LogP contribution in [-0.2, 0) is 0 Å². The van der Waals surface area contributed by atoms with E-state index >= 15 is 0 Å². The number of likely N-dealkylation sites (N-methyl/N-ethyl adjacent to an activating group) is 1. The van der Waals surface area contributed by atoms with Crippen LogP contribution >= 0.6 is 0 Å². The van der Waals surface area contributed by atoms with Crippen molar-refractivity contribution in [3.63, 3.8) is 0 Å². The van der Waals surface area contributed by atoms with Crippen LogP contribution in [0.15, 0.2) is 0 Å². The van der Waals surface area contributed by atoms with Crippen LogP contribution in [0.5, 0.6) is 0 Å². The fraction of sp³-hybridized carbons (Fsp3) is 1.00. The normalized spacial score (nSPS) is 12.6. The Bertz CT molecular complexity index is 86.5. The maximum absolute atomic E-state index is 7.50. The fourth-order valence-corrected chi connectivity index (χ4v) is 1.00. The molecule has 0 heterocycles. The van der Waals surface area contributed by atoms with Crippen molar-refractivity contribution in [3.05, 3.63) is 0 Å². The Kier molecular flexibility index (Phi) is 6.57. The first-order valence-electron chi connectivity index (χ1n) is 5.07. The Morgan fingerprint density at radius 3 is 2.45 bits per heavy atom. The molecule has 0 aliphatic heterocycles. The number of hydrogen-bond acceptors (Lipinski definition) is 2. The van der Waals surface area contributed by atoms with Gasteiger partial charge in [-0.15, -0.1) is 0 Å². The standard InChI is InChI=1S/C9H22N2/c1-4-6-10-7-9-11(3)8-5-2/h10H,4-9H2,1-3H3/i/hT. The van der Waals surface area contributed by atoms with Crippen molar-refractivity contribution in [1.29, 1.82) is 0 Å². The second kappa shape index (κ2) is 8.02. The van der Waals surface area contributed by atoms with E-state index in [0.717, 1.165) is 32.6 Å².